The Morgan fingerprint density at radius 3 is 2.44 bits per heavy atom. The van der Waals surface area contributed by atoms with E-state index in [1.165, 1.54) is 30.3 Å². The minimum absolute atomic E-state index is 0.0142. The normalized spacial score (nSPS) is 12.3. The van der Waals surface area contributed by atoms with Crippen molar-refractivity contribution in [2.24, 2.45) is 0 Å². The summed E-state index contributed by atoms with van der Waals surface area (Å²) in [5.41, 5.74) is 1.76. The van der Waals surface area contributed by atoms with Gasteiger partial charge in [-0.15, -0.1) is 0 Å². The number of hydrogen-bond donors (Lipinski definition) is 1. The van der Waals surface area contributed by atoms with Crippen molar-refractivity contribution < 1.29 is 26.7 Å². The molecule has 34 heavy (non-hydrogen) atoms. The third kappa shape index (κ3) is 6.55. The van der Waals surface area contributed by atoms with Crippen LogP contribution in [0.2, 0.25) is 5.02 Å². The molecule has 0 spiro atoms. The molecule has 11 heteroatoms. The first-order valence-electron chi connectivity index (χ1n) is 10.1. The van der Waals surface area contributed by atoms with Gasteiger partial charge in [0.15, 0.2) is 0 Å². The van der Waals surface area contributed by atoms with Crippen molar-refractivity contribution in [3.63, 3.8) is 0 Å². The summed E-state index contributed by atoms with van der Waals surface area (Å²) in [7, 11) is 0. The van der Waals surface area contributed by atoms with Crippen molar-refractivity contribution in [3.05, 3.63) is 93.8 Å². The summed E-state index contributed by atoms with van der Waals surface area (Å²) in [5, 5.41) is 3.18. The van der Waals surface area contributed by atoms with Crippen LogP contribution in [0.3, 0.4) is 0 Å². The fourth-order valence-corrected chi connectivity index (χ4v) is 3.93. The summed E-state index contributed by atoms with van der Waals surface area (Å²) in [6.45, 7) is 2.01. The molecule has 1 N–H and O–H groups in total. The fourth-order valence-electron chi connectivity index (χ4n) is 3.17. The van der Waals surface area contributed by atoms with Crippen LogP contribution in [0.5, 0.6) is 0 Å². The molecule has 180 valence electrons. The Hall–Kier alpha value is -2.95. The quantitative estimate of drug-likeness (QED) is 0.440. The highest BCUT2D eigenvalue weighted by atomic mass is 35.5. The molecule has 1 amide bonds. The molecule has 0 aliphatic carbocycles. The number of nitrogens with one attached hydrogen (secondary N) is 1. The van der Waals surface area contributed by atoms with Crippen LogP contribution < -0.4 is 9.62 Å². The van der Waals surface area contributed by atoms with Crippen molar-refractivity contribution in [1.29, 1.82) is 0 Å². The van der Waals surface area contributed by atoms with Gasteiger partial charge in [0.1, 0.15) is 5.69 Å². The molecule has 0 bridgehead atoms. The number of aryl methyl sites for hydroxylation is 1. The third-order valence-corrected chi connectivity index (χ3v) is 6.32. The maximum absolute atomic E-state index is 12.6. The van der Waals surface area contributed by atoms with Gasteiger partial charge in [-0.1, -0.05) is 35.9 Å². The standard InChI is InChI=1S/C23H21ClF3N3O3S/c1-15-3-2-4-17(21(15)24)11-12-30(34(32)33)19-8-6-18(7-9-19)22(31)29-14-16-5-10-20(28-13-16)23(25,26)27/h2-10,13H,11-12,14H2,1H3,(H,29,31)(H,32,33)/p-1. The van der Waals surface area contributed by atoms with Crippen LogP contribution >= 0.6 is 11.6 Å². The van der Waals surface area contributed by atoms with Crippen LogP contribution in [0.1, 0.15) is 32.7 Å². The zero-order valence-electron chi connectivity index (χ0n) is 17.9. The average molecular weight is 511 g/mol. The molecule has 0 saturated heterocycles. The summed E-state index contributed by atoms with van der Waals surface area (Å²) in [6.07, 6.45) is -3.08. The number of amides is 1. The lowest BCUT2D eigenvalue weighted by Gasteiger charge is -2.26. The highest BCUT2D eigenvalue weighted by Crippen LogP contribution is 2.27. The monoisotopic (exact) mass is 510 g/mol. The third-order valence-electron chi connectivity index (χ3n) is 5.02. The van der Waals surface area contributed by atoms with Crippen LogP contribution in [-0.2, 0) is 30.4 Å². The van der Waals surface area contributed by atoms with E-state index >= 15 is 0 Å². The summed E-state index contributed by atoms with van der Waals surface area (Å²) in [6, 6.07) is 13.6. The zero-order valence-corrected chi connectivity index (χ0v) is 19.5. The van der Waals surface area contributed by atoms with Crippen molar-refractivity contribution in [1.82, 2.24) is 10.3 Å². The van der Waals surface area contributed by atoms with Gasteiger partial charge in [-0.05, 0) is 60.4 Å². The number of rotatable bonds is 8. The Kier molecular flexibility index (Phi) is 8.29. The van der Waals surface area contributed by atoms with E-state index in [1.807, 2.05) is 25.1 Å². The first kappa shape index (κ1) is 25.7. The van der Waals surface area contributed by atoms with Gasteiger partial charge in [0.05, 0.1) is 0 Å². The van der Waals surface area contributed by atoms with Gasteiger partial charge in [-0.3, -0.25) is 14.0 Å². The molecular formula is C23H20ClF3N3O3S-. The Bertz CT molecular complexity index is 1170. The largest absolute Gasteiger partial charge is 0.755 e. The van der Waals surface area contributed by atoms with Crippen LogP contribution in [0.4, 0.5) is 18.9 Å². The van der Waals surface area contributed by atoms with E-state index in [0.29, 0.717) is 22.7 Å². The Labute approximate surface area is 202 Å². The summed E-state index contributed by atoms with van der Waals surface area (Å²) >= 11 is 3.75. The highest BCUT2D eigenvalue weighted by Gasteiger charge is 2.32. The van der Waals surface area contributed by atoms with Crippen molar-refractivity contribution in [2.75, 3.05) is 10.8 Å². The number of pyridine rings is 1. The second-order valence-electron chi connectivity index (χ2n) is 7.40. The van der Waals surface area contributed by atoms with Gasteiger partial charge in [-0.25, -0.2) is 0 Å². The molecule has 3 aromatic rings. The summed E-state index contributed by atoms with van der Waals surface area (Å²) in [4.78, 5) is 15.7. The minimum atomic E-state index is -4.53. The number of aromatic nitrogens is 1. The molecule has 0 fully saturated rings. The molecule has 1 heterocycles. The number of halogens is 4. The topological polar surface area (TPSA) is 85.4 Å². The van der Waals surface area contributed by atoms with E-state index in [4.69, 9.17) is 11.6 Å². The molecule has 1 aromatic heterocycles. The predicted octanol–water partition coefficient (Wildman–Crippen LogP) is 4.84. The molecule has 0 aliphatic rings. The van der Waals surface area contributed by atoms with Crippen molar-refractivity contribution in [3.8, 4) is 0 Å². The number of benzene rings is 2. The predicted molar refractivity (Wildman–Crippen MR) is 123 cm³/mol. The Balaban J connectivity index is 1.62. The number of hydrogen-bond acceptors (Lipinski definition) is 4. The second-order valence-corrected chi connectivity index (χ2v) is 8.65. The van der Waals surface area contributed by atoms with Gasteiger partial charge in [0.25, 0.3) is 5.91 Å². The van der Waals surface area contributed by atoms with E-state index in [-0.39, 0.29) is 18.7 Å². The molecule has 0 radical (unpaired) electrons. The lowest BCUT2D eigenvalue weighted by molar-refractivity contribution is -0.141. The molecule has 0 aliphatic heterocycles. The van der Waals surface area contributed by atoms with E-state index in [0.717, 1.165) is 27.7 Å². The van der Waals surface area contributed by atoms with E-state index < -0.39 is 29.0 Å². The molecule has 1 atom stereocenters. The second kappa shape index (κ2) is 11.0. The maximum atomic E-state index is 12.6. The molecule has 2 aromatic carbocycles. The molecule has 0 saturated carbocycles. The van der Waals surface area contributed by atoms with Crippen LogP contribution in [0.25, 0.3) is 0 Å². The van der Waals surface area contributed by atoms with Crippen molar-refractivity contribution >= 4 is 34.5 Å². The number of anilines is 1. The van der Waals surface area contributed by atoms with Crippen LogP contribution in [0.15, 0.2) is 60.8 Å². The molecule has 1 unspecified atom stereocenters. The van der Waals surface area contributed by atoms with E-state index in [9.17, 15) is 26.7 Å². The van der Waals surface area contributed by atoms with E-state index in [2.05, 4.69) is 10.3 Å². The number of carbonyl (C=O) groups is 1. The summed E-state index contributed by atoms with van der Waals surface area (Å²) in [5.74, 6) is -0.465. The Morgan fingerprint density at radius 1 is 1.15 bits per heavy atom. The molecular weight excluding hydrogens is 491 g/mol. The van der Waals surface area contributed by atoms with Gasteiger partial charge in [0, 0.05) is 46.8 Å². The first-order chi connectivity index (χ1) is 16.1. The van der Waals surface area contributed by atoms with Gasteiger partial charge in [-0.2, -0.15) is 13.2 Å². The lowest BCUT2D eigenvalue weighted by atomic mass is 10.1. The van der Waals surface area contributed by atoms with Crippen molar-refractivity contribution in [2.45, 2.75) is 26.1 Å². The first-order valence-corrected chi connectivity index (χ1v) is 11.5. The lowest BCUT2D eigenvalue weighted by Crippen LogP contribution is -2.28. The smallest absolute Gasteiger partial charge is 0.433 e. The number of nitrogens with zero attached hydrogens (tertiary/aromatic N) is 2. The highest BCUT2D eigenvalue weighted by molar-refractivity contribution is 7.80. The number of carbonyl (C=O) groups excluding carboxylic acids is 1. The summed E-state index contributed by atoms with van der Waals surface area (Å²) < 4.78 is 62.5. The van der Waals surface area contributed by atoms with E-state index in [1.54, 1.807) is 0 Å². The Morgan fingerprint density at radius 2 is 1.85 bits per heavy atom. The maximum Gasteiger partial charge on any atom is 0.433 e. The molecule has 6 nitrogen and oxygen atoms in total. The zero-order chi connectivity index (χ0) is 24.9. The SMILES string of the molecule is Cc1cccc(CCN(c2ccc(C(=O)NCc3ccc(C(F)(F)F)nc3)cc2)S(=O)[O-])c1Cl. The van der Waals surface area contributed by atoms with Gasteiger partial charge >= 0.3 is 6.18 Å². The van der Waals surface area contributed by atoms with Gasteiger partial charge < -0.3 is 14.2 Å². The van der Waals surface area contributed by atoms with Crippen LogP contribution in [0, 0.1) is 6.92 Å². The minimum Gasteiger partial charge on any atom is -0.755 e. The van der Waals surface area contributed by atoms with Crippen LogP contribution in [-0.4, -0.2) is 26.2 Å². The fraction of sp³-hybridized carbons (Fsp3) is 0.217. The van der Waals surface area contributed by atoms with Gasteiger partial charge in [0.2, 0.25) is 0 Å². The number of alkyl halides is 3. The average Bonchev–Trinajstić information content (AvgIpc) is 2.80. The molecule has 3 rings (SSSR count).